The van der Waals surface area contributed by atoms with E-state index in [1.807, 2.05) is 18.2 Å². The minimum atomic E-state index is -0.560. The van der Waals surface area contributed by atoms with Gasteiger partial charge in [-0.1, -0.05) is 41.9 Å². The number of nitrogens with one attached hydrogen (secondary N) is 2. The monoisotopic (exact) mass is 374 g/mol. The molecule has 0 unspecified atom stereocenters. The Balaban J connectivity index is 1.20. The van der Waals surface area contributed by atoms with E-state index in [1.54, 1.807) is 6.07 Å². The van der Waals surface area contributed by atoms with Crippen LogP contribution in [-0.4, -0.2) is 23.6 Å². The molecule has 0 heterocycles. The lowest BCUT2D eigenvalue weighted by Crippen LogP contribution is -2.83. The number of carbonyl (C=O) groups is 1. The third-order valence-corrected chi connectivity index (χ3v) is 5.51. The third kappa shape index (κ3) is 3.41. The van der Waals surface area contributed by atoms with Gasteiger partial charge in [0.25, 0.3) is 5.91 Å². The number of halogens is 2. The summed E-state index contributed by atoms with van der Waals surface area (Å²) in [7, 11) is 0. The highest BCUT2D eigenvalue weighted by molar-refractivity contribution is 6.30. The van der Waals surface area contributed by atoms with Gasteiger partial charge in [-0.15, -0.1) is 0 Å². The fourth-order valence-corrected chi connectivity index (χ4v) is 4.16. The second-order valence-electron chi connectivity index (χ2n) is 7.34. The number of benzene rings is 2. The van der Waals surface area contributed by atoms with Crippen molar-refractivity contribution in [3.63, 3.8) is 0 Å². The first-order chi connectivity index (χ1) is 12.5. The minimum absolute atomic E-state index is 0.0315. The van der Waals surface area contributed by atoms with Crippen LogP contribution in [0.3, 0.4) is 0 Å². The fraction of sp³-hybridized carbons (Fsp3) is 0.350. The van der Waals surface area contributed by atoms with E-state index < -0.39 is 5.82 Å². The van der Waals surface area contributed by atoms with Crippen molar-refractivity contribution in [3.8, 4) is 5.75 Å². The van der Waals surface area contributed by atoms with E-state index in [4.69, 9.17) is 16.3 Å². The summed E-state index contributed by atoms with van der Waals surface area (Å²) in [6, 6.07) is 14.4. The zero-order chi connectivity index (χ0) is 18.2. The van der Waals surface area contributed by atoms with E-state index >= 15 is 0 Å². The third-order valence-electron chi connectivity index (χ3n) is 5.21. The van der Waals surface area contributed by atoms with E-state index in [-0.39, 0.29) is 28.6 Å². The van der Waals surface area contributed by atoms with Crippen molar-refractivity contribution in [2.45, 2.75) is 36.9 Å². The predicted octanol–water partition coefficient (Wildman–Crippen LogP) is 3.44. The van der Waals surface area contributed by atoms with E-state index in [2.05, 4.69) is 22.8 Å². The van der Waals surface area contributed by atoms with Gasteiger partial charge in [-0.05, 0) is 37.0 Å². The van der Waals surface area contributed by atoms with Crippen LogP contribution in [0.15, 0.2) is 48.5 Å². The van der Waals surface area contributed by atoms with E-state index in [1.165, 1.54) is 17.7 Å². The highest BCUT2D eigenvalue weighted by Gasteiger charge is 2.68. The Bertz CT molecular complexity index is 808. The summed E-state index contributed by atoms with van der Waals surface area (Å²) in [6.07, 6.45) is 2.82. The predicted molar refractivity (Wildman–Crippen MR) is 97.6 cm³/mol. The average Bonchev–Trinajstić information content (AvgIpc) is 2.58. The molecule has 0 aromatic heterocycles. The van der Waals surface area contributed by atoms with Crippen LogP contribution in [0.1, 0.15) is 24.8 Å². The second-order valence-corrected chi connectivity index (χ2v) is 7.75. The topological polar surface area (TPSA) is 50.4 Å². The van der Waals surface area contributed by atoms with Crippen LogP contribution >= 0.6 is 11.6 Å². The van der Waals surface area contributed by atoms with Crippen molar-refractivity contribution < 1.29 is 13.9 Å². The average molecular weight is 375 g/mol. The molecule has 3 fully saturated rings. The van der Waals surface area contributed by atoms with Crippen molar-refractivity contribution in [1.82, 2.24) is 10.6 Å². The number of amides is 1. The molecule has 6 heteroatoms. The molecule has 2 N–H and O–H groups in total. The van der Waals surface area contributed by atoms with Gasteiger partial charge >= 0.3 is 0 Å². The summed E-state index contributed by atoms with van der Waals surface area (Å²) in [6.45, 7) is 0.712. The van der Waals surface area contributed by atoms with E-state index in [0.717, 1.165) is 25.8 Å². The minimum Gasteiger partial charge on any atom is -0.484 e. The normalized spacial score (nSPS) is 25.8. The molecule has 2 aromatic carbocycles. The van der Waals surface area contributed by atoms with Gasteiger partial charge in [-0.3, -0.25) is 4.79 Å². The lowest BCUT2D eigenvalue weighted by molar-refractivity contribution is -0.143. The molecule has 0 radical (unpaired) electrons. The molecule has 3 aliphatic carbocycles. The summed E-state index contributed by atoms with van der Waals surface area (Å²) in [5.74, 6) is -0.451. The highest BCUT2D eigenvalue weighted by atomic mass is 35.5. The summed E-state index contributed by atoms with van der Waals surface area (Å²) in [5, 5.41) is 6.69. The van der Waals surface area contributed by atoms with Gasteiger partial charge in [0.1, 0.15) is 11.6 Å². The molecule has 0 spiro atoms. The van der Waals surface area contributed by atoms with Gasteiger partial charge in [0, 0.05) is 23.7 Å². The Morgan fingerprint density at radius 1 is 1.12 bits per heavy atom. The maximum Gasteiger partial charge on any atom is 0.258 e. The van der Waals surface area contributed by atoms with Crippen molar-refractivity contribution in [2.75, 3.05) is 6.61 Å². The van der Waals surface area contributed by atoms with Crippen LogP contribution in [0.5, 0.6) is 5.75 Å². The van der Waals surface area contributed by atoms with Crippen LogP contribution in [0.4, 0.5) is 4.39 Å². The van der Waals surface area contributed by atoms with Crippen molar-refractivity contribution in [1.29, 1.82) is 0 Å². The number of rotatable bonds is 7. The molecule has 4 nitrogen and oxygen atoms in total. The molecule has 26 heavy (non-hydrogen) atoms. The molecule has 1 amide bonds. The lowest BCUT2D eigenvalue weighted by Gasteiger charge is -2.70. The first kappa shape index (κ1) is 17.3. The quantitative estimate of drug-likeness (QED) is 0.780. The highest BCUT2D eigenvalue weighted by Crippen LogP contribution is 2.60. The largest absolute Gasteiger partial charge is 0.484 e. The van der Waals surface area contributed by atoms with Crippen LogP contribution in [0.2, 0.25) is 5.02 Å². The first-order valence-electron chi connectivity index (χ1n) is 8.66. The van der Waals surface area contributed by atoms with Crippen LogP contribution in [0.25, 0.3) is 0 Å². The summed E-state index contributed by atoms with van der Waals surface area (Å²) in [4.78, 5) is 12.1. The molecule has 2 bridgehead atoms. The molecule has 5 rings (SSSR count). The van der Waals surface area contributed by atoms with Crippen molar-refractivity contribution in [3.05, 3.63) is 64.9 Å². The number of hydrogen-bond donors (Lipinski definition) is 2. The summed E-state index contributed by atoms with van der Waals surface area (Å²) >= 11 is 5.62. The number of ether oxygens (including phenoxy) is 1. The fourth-order valence-electron chi connectivity index (χ4n) is 4.04. The van der Waals surface area contributed by atoms with Gasteiger partial charge in [-0.25, -0.2) is 4.39 Å². The zero-order valence-electron chi connectivity index (χ0n) is 14.2. The van der Waals surface area contributed by atoms with Gasteiger partial charge in [0.2, 0.25) is 0 Å². The maximum atomic E-state index is 13.4. The smallest absolute Gasteiger partial charge is 0.258 e. The van der Waals surface area contributed by atoms with Crippen molar-refractivity contribution >= 4 is 17.5 Å². The molecule has 0 aliphatic heterocycles. The van der Waals surface area contributed by atoms with Gasteiger partial charge in [0.15, 0.2) is 6.61 Å². The molecule has 0 saturated heterocycles. The molecule has 2 aromatic rings. The first-order valence-corrected chi connectivity index (χ1v) is 9.03. The van der Waals surface area contributed by atoms with Gasteiger partial charge in [-0.2, -0.15) is 0 Å². The number of hydrogen-bond acceptors (Lipinski definition) is 3. The Labute approximate surface area is 156 Å². The van der Waals surface area contributed by atoms with Crippen molar-refractivity contribution in [2.24, 2.45) is 0 Å². The molecule has 3 saturated carbocycles. The van der Waals surface area contributed by atoms with Gasteiger partial charge in [0.05, 0.1) is 5.02 Å². The summed E-state index contributed by atoms with van der Waals surface area (Å²) < 4.78 is 18.7. The molecule has 136 valence electrons. The van der Waals surface area contributed by atoms with Gasteiger partial charge < -0.3 is 15.4 Å². The molecule has 3 aliphatic rings. The molecular weight excluding hydrogens is 355 g/mol. The number of carbonyl (C=O) groups excluding carboxylic acids is 1. The summed E-state index contributed by atoms with van der Waals surface area (Å²) in [5.41, 5.74) is 1.32. The Morgan fingerprint density at radius 2 is 1.85 bits per heavy atom. The molecular formula is C20H20ClFN2O2. The van der Waals surface area contributed by atoms with Crippen LogP contribution in [-0.2, 0) is 11.3 Å². The maximum absolute atomic E-state index is 13.4. The molecule has 0 atom stereocenters. The Morgan fingerprint density at radius 3 is 2.54 bits per heavy atom. The zero-order valence-corrected chi connectivity index (χ0v) is 15.0. The Kier molecular flexibility index (Phi) is 4.37. The Hall–Kier alpha value is -2.11. The van der Waals surface area contributed by atoms with E-state index in [9.17, 15) is 9.18 Å². The van der Waals surface area contributed by atoms with E-state index in [0.29, 0.717) is 5.75 Å². The second kappa shape index (κ2) is 6.56. The lowest BCUT2D eigenvalue weighted by atomic mass is 9.44. The van der Waals surface area contributed by atoms with Crippen LogP contribution in [0, 0.1) is 5.82 Å². The SMILES string of the molecule is O=C(COc1ccc(Cl)c(F)c1)NC12CC(NCc3ccccc3)(C1)C2. The van der Waals surface area contributed by atoms with Crippen LogP contribution < -0.4 is 15.4 Å². The standard InChI is InChI=1S/C20H20ClFN2O2/c21-16-7-6-15(8-17(16)22)26-10-18(25)24-20-11-19(12-20,13-20)23-9-14-4-2-1-3-5-14/h1-8,23H,9-13H2,(H,24,25).